The lowest BCUT2D eigenvalue weighted by Gasteiger charge is -2.48. The number of amides is 1. The van der Waals surface area contributed by atoms with Gasteiger partial charge in [-0.2, -0.15) is 0 Å². The van der Waals surface area contributed by atoms with Gasteiger partial charge in [-0.05, 0) is 49.6 Å². The summed E-state index contributed by atoms with van der Waals surface area (Å²) < 4.78 is 7.37. The van der Waals surface area contributed by atoms with Crippen molar-refractivity contribution < 1.29 is 9.53 Å². The average molecular weight is 508 g/mol. The molecule has 1 aliphatic carbocycles. The second-order valence-electron chi connectivity index (χ2n) is 7.91. The Hall–Kier alpha value is -1.77. The fourth-order valence-corrected chi connectivity index (χ4v) is 6.27. The summed E-state index contributed by atoms with van der Waals surface area (Å²) in [7, 11) is 0. The third kappa shape index (κ3) is 3.48. The fourth-order valence-electron chi connectivity index (χ4n) is 4.77. The molecule has 6 nitrogen and oxygen atoms in total. The lowest BCUT2D eigenvalue weighted by Crippen LogP contribution is -2.54. The number of hydrogen-bond donors (Lipinski definition) is 2. The highest BCUT2D eigenvalue weighted by Gasteiger charge is 2.54. The number of thioether (sulfide) groups is 1. The molecule has 30 heavy (non-hydrogen) atoms. The summed E-state index contributed by atoms with van der Waals surface area (Å²) in [5.74, 6) is 1.61. The van der Waals surface area contributed by atoms with E-state index >= 15 is 0 Å². The number of nitrogens with zero attached hydrogens (tertiary/aromatic N) is 2. The first-order valence-corrected chi connectivity index (χ1v) is 12.0. The lowest BCUT2D eigenvalue weighted by atomic mass is 9.67. The van der Waals surface area contributed by atoms with E-state index < -0.39 is 5.54 Å². The predicted molar refractivity (Wildman–Crippen MR) is 122 cm³/mol. The summed E-state index contributed by atoms with van der Waals surface area (Å²) in [4.78, 5) is 21.8. The maximum absolute atomic E-state index is 12.7. The van der Waals surface area contributed by atoms with Gasteiger partial charge >= 0.3 is 0 Å². The number of hydrogen-bond acceptors (Lipinski definition) is 6. The van der Waals surface area contributed by atoms with Gasteiger partial charge in [0.05, 0.1) is 5.02 Å². The Morgan fingerprint density at radius 2 is 2.20 bits per heavy atom. The normalized spacial score (nSPS) is 29.5. The predicted octanol–water partition coefficient (Wildman–Crippen LogP) is 4.11. The number of pyridine rings is 1. The van der Waals surface area contributed by atoms with Crippen LogP contribution in [0, 0.1) is 5.92 Å². The molecule has 3 heterocycles. The topological polar surface area (TPSA) is 89.6 Å². The zero-order valence-corrected chi connectivity index (χ0v) is 19.1. The van der Waals surface area contributed by atoms with Crippen LogP contribution >= 0.6 is 39.3 Å². The van der Waals surface area contributed by atoms with E-state index in [0.29, 0.717) is 15.9 Å². The van der Waals surface area contributed by atoms with Gasteiger partial charge in [-0.15, -0.1) is 0 Å². The molecule has 1 fully saturated rings. The van der Waals surface area contributed by atoms with Crippen LogP contribution in [0.3, 0.4) is 0 Å². The molecule has 0 saturated heterocycles. The molecule has 3 aliphatic rings. The highest BCUT2D eigenvalue weighted by Crippen LogP contribution is 2.54. The molecule has 1 aromatic heterocycles. The van der Waals surface area contributed by atoms with E-state index in [0.717, 1.165) is 40.8 Å². The highest BCUT2D eigenvalue weighted by molar-refractivity contribution is 9.10. The Morgan fingerprint density at radius 3 is 2.93 bits per heavy atom. The Balaban J connectivity index is 1.43. The van der Waals surface area contributed by atoms with E-state index in [-0.39, 0.29) is 24.0 Å². The standard InChI is InChI=1S/C21H20BrClN4O2S/c22-11-1-5-17-14(7-11)21(10-30-20(24)27-21)15-8-13(3-6-18(15)29-17)26-19(28)16-4-2-12(23)9-25-16/h1-2,4-5,7,9,13,15,18H,3,6,8,10H2,(H2,24,27)(H,26,28)/t13-,15-,18-,21-/m0/s1. The summed E-state index contributed by atoms with van der Waals surface area (Å²) in [6.07, 6.45) is 4.00. The first-order valence-electron chi connectivity index (χ1n) is 9.82. The van der Waals surface area contributed by atoms with E-state index in [4.69, 9.17) is 27.1 Å². The van der Waals surface area contributed by atoms with Gasteiger partial charge in [0.15, 0.2) is 5.17 Å². The Morgan fingerprint density at radius 1 is 1.33 bits per heavy atom. The van der Waals surface area contributed by atoms with Gasteiger partial charge in [0.2, 0.25) is 0 Å². The van der Waals surface area contributed by atoms with Gasteiger partial charge in [-0.25, -0.2) is 9.98 Å². The van der Waals surface area contributed by atoms with E-state index in [2.05, 4.69) is 32.3 Å². The molecular weight excluding hydrogens is 488 g/mol. The van der Waals surface area contributed by atoms with Crippen molar-refractivity contribution in [2.45, 2.75) is 36.9 Å². The van der Waals surface area contributed by atoms with Gasteiger partial charge in [0, 0.05) is 33.9 Å². The summed E-state index contributed by atoms with van der Waals surface area (Å²) in [6, 6.07) is 9.42. The van der Waals surface area contributed by atoms with Crippen molar-refractivity contribution in [3.8, 4) is 5.75 Å². The summed E-state index contributed by atoms with van der Waals surface area (Å²) in [5, 5.41) is 4.26. The van der Waals surface area contributed by atoms with Gasteiger partial charge < -0.3 is 15.8 Å². The molecule has 3 N–H and O–H groups in total. The van der Waals surface area contributed by atoms with E-state index in [1.54, 1.807) is 23.9 Å². The smallest absolute Gasteiger partial charge is 0.270 e. The van der Waals surface area contributed by atoms with E-state index in [1.807, 2.05) is 12.1 Å². The van der Waals surface area contributed by atoms with Gasteiger partial charge in [-0.1, -0.05) is 39.3 Å². The number of fused-ring (bicyclic) bond motifs is 4. The van der Waals surface area contributed by atoms with Crippen LogP contribution in [0.25, 0.3) is 0 Å². The zero-order valence-electron chi connectivity index (χ0n) is 16.0. The number of benzene rings is 1. The third-order valence-electron chi connectivity index (χ3n) is 6.13. The van der Waals surface area contributed by atoms with Crippen LogP contribution in [0.4, 0.5) is 0 Å². The van der Waals surface area contributed by atoms with Crippen molar-refractivity contribution in [2.24, 2.45) is 16.6 Å². The number of ether oxygens (including phenoxy) is 1. The van der Waals surface area contributed by atoms with Crippen LogP contribution in [0.2, 0.25) is 5.02 Å². The average Bonchev–Trinajstić information content (AvgIpc) is 3.12. The minimum atomic E-state index is -0.432. The molecule has 1 aromatic carbocycles. The second-order valence-corrected chi connectivity index (χ2v) is 10.3. The molecule has 0 radical (unpaired) electrons. The molecular formula is C21H20BrClN4O2S. The SMILES string of the molecule is NC1=N[C@@]2(CS1)c1cc(Br)ccc1O[C@H]1CC[C@H](NC(=O)c3ccc(Cl)cn3)C[C@@H]12. The third-order valence-corrected chi connectivity index (χ3v) is 7.82. The van der Waals surface area contributed by atoms with Crippen LogP contribution < -0.4 is 15.8 Å². The summed E-state index contributed by atoms with van der Waals surface area (Å²) >= 11 is 11.1. The van der Waals surface area contributed by atoms with Crippen molar-refractivity contribution in [1.82, 2.24) is 10.3 Å². The number of carbonyl (C=O) groups is 1. The molecule has 5 rings (SSSR count). The molecule has 2 aromatic rings. The summed E-state index contributed by atoms with van der Waals surface area (Å²) in [6.45, 7) is 0. The van der Waals surface area contributed by atoms with Crippen molar-refractivity contribution in [3.05, 3.63) is 57.3 Å². The van der Waals surface area contributed by atoms with Crippen LogP contribution in [-0.2, 0) is 5.54 Å². The molecule has 1 saturated carbocycles. The number of nitrogens with two attached hydrogens (primary N) is 1. The maximum Gasteiger partial charge on any atom is 0.270 e. The number of aliphatic imine (C=N–C) groups is 1. The first-order chi connectivity index (χ1) is 14.4. The van der Waals surface area contributed by atoms with Crippen molar-refractivity contribution in [3.63, 3.8) is 0 Å². The van der Waals surface area contributed by atoms with Crippen LogP contribution in [-0.4, -0.2) is 34.0 Å². The van der Waals surface area contributed by atoms with Crippen LogP contribution in [0.1, 0.15) is 35.3 Å². The lowest BCUT2D eigenvalue weighted by molar-refractivity contribution is 0.0155. The number of halogens is 2. The monoisotopic (exact) mass is 506 g/mol. The van der Waals surface area contributed by atoms with Gasteiger partial charge in [0.1, 0.15) is 23.1 Å². The van der Waals surface area contributed by atoms with Gasteiger partial charge in [0.25, 0.3) is 5.91 Å². The minimum absolute atomic E-state index is 0.0208. The van der Waals surface area contributed by atoms with Crippen LogP contribution in [0.15, 0.2) is 46.0 Å². The molecule has 4 atom stereocenters. The Labute approximate surface area is 192 Å². The van der Waals surface area contributed by atoms with Crippen molar-refractivity contribution >= 4 is 50.4 Å². The fraction of sp³-hybridized carbons (Fsp3) is 0.381. The minimum Gasteiger partial charge on any atom is -0.490 e. The Bertz CT molecular complexity index is 1030. The molecule has 2 aliphatic heterocycles. The Kier molecular flexibility index (Phi) is 5.19. The number of nitrogens with one attached hydrogen (secondary N) is 1. The van der Waals surface area contributed by atoms with Gasteiger partial charge in [-0.3, -0.25) is 4.79 Å². The molecule has 0 bridgehead atoms. The van der Waals surface area contributed by atoms with Crippen molar-refractivity contribution in [2.75, 3.05) is 5.75 Å². The number of rotatable bonds is 2. The molecule has 9 heteroatoms. The maximum atomic E-state index is 12.7. The largest absolute Gasteiger partial charge is 0.490 e. The first kappa shape index (κ1) is 20.2. The molecule has 1 amide bonds. The highest BCUT2D eigenvalue weighted by atomic mass is 79.9. The van der Waals surface area contributed by atoms with Crippen LogP contribution in [0.5, 0.6) is 5.75 Å². The quantitative estimate of drug-likeness (QED) is 0.638. The van der Waals surface area contributed by atoms with E-state index in [9.17, 15) is 4.79 Å². The molecule has 0 unspecified atom stereocenters. The molecule has 1 spiro atoms. The molecule has 156 valence electrons. The number of aromatic nitrogens is 1. The van der Waals surface area contributed by atoms with Crippen molar-refractivity contribution in [1.29, 1.82) is 0 Å². The zero-order chi connectivity index (χ0) is 20.9. The second kappa shape index (κ2) is 7.73. The van der Waals surface area contributed by atoms with E-state index in [1.165, 1.54) is 6.20 Å². The number of carbonyl (C=O) groups excluding carboxylic acids is 1. The summed E-state index contributed by atoms with van der Waals surface area (Å²) in [5.41, 5.74) is 7.13. The number of amidine groups is 1.